The number of nitrogens with one attached hydrogen (secondary N) is 2. The number of rotatable bonds is 8. The molecule has 6 nitrogen and oxygen atoms in total. The number of amides is 1. The van der Waals surface area contributed by atoms with Gasteiger partial charge in [-0.3, -0.25) is 4.79 Å². The van der Waals surface area contributed by atoms with Gasteiger partial charge in [0.15, 0.2) is 0 Å². The molecule has 0 atom stereocenters. The Morgan fingerprint density at radius 2 is 1.76 bits per heavy atom. The number of carbonyl (C=O) groups excluding carboxylic acids is 1. The van der Waals surface area contributed by atoms with Gasteiger partial charge in [-0.1, -0.05) is 24.3 Å². The van der Waals surface area contributed by atoms with Crippen LogP contribution in [-0.4, -0.2) is 33.7 Å². The Kier molecular flexibility index (Phi) is 6.55. The number of ether oxygens (including phenoxy) is 1. The van der Waals surface area contributed by atoms with Gasteiger partial charge in [-0.25, -0.2) is 13.1 Å². The zero-order chi connectivity index (χ0) is 18.3. The van der Waals surface area contributed by atoms with E-state index < -0.39 is 10.0 Å². The van der Waals surface area contributed by atoms with Crippen LogP contribution >= 0.6 is 0 Å². The number of hydrogen-bond donors (Lipinski definition) is 2. The molecule has 0 heterocycles. The molecule has 1 amide bonds. The van der Waals surface area contributed by atoms with Crippen molar-refractivity contribution in [3.05, 3.63) is 59.7 Å². The first-order valence-electron chi connectivity index (χ1n) is 7.96. The van der Waals surface area contributed by atoms with E-state index in [1.54, 1.807) is 24.3 Å². The molecule has 2 aromatic carbocycles. The Morgan fingerprint density at radius 3 is 2.40 bits per heavy atom. The molecule has 0 bridgehead atoms. The monoisotopic (exact) mass is 362 g/mol. The summed E-state index contributed by atoms with van der Waals surface area (Å²) in [5, 5.41) is 2.84. The minimum Gasteiger partial charge on any atom is -0.492 e. The van der Waals surface area contributed by atoms with E-state index in [0.29, 0.717) is 36.6 Å². The highest BCUT2D eigenvalue weighted by Crippen LogP contribution is 2.24. The van der Waals surface area contributed by atoms with E-state index in [2.05, 4.69) is 10.0 Å². The van der Waals surface area contributed by atoms with Crippen molar-refractivity contribution in [2.24, 2.45) is 0 Å². The molecule has 25 heavy (non-hydrogen) atoms. The van der Waals surface area contributed by atoms with Gasteiger partial charge < -0.3 is 10.1 Å². The van der Waals surface area contributed by atoms with Gasteiger partial charge in [0, 0.05) is 12.1 Å². The van der Waals surface area contributed by atoms with Crippen LogP contribution in [0.15, 0.2) is 48.5 Å². The van der Waals surface area contributed by atoms with E-state index in [-0.39, 0.29) is 5.91 Å². The lowest BCUT2D eigenvalue weighted by atomic mass is 10.1. The number of anilines is 1. The van der Waals surface area contributed by atoms with Gasteiger partial charge in [0.25, 0.3) is 5.91 Å². The van der Waals surface area contributed by atoms with E-state index in [9.17, 15) is 13.2 Å². The molecule has 0 aliphatic heterocycles. The average molecular weight is 362 g/mol. The van der Waals surface area contributed by atoms with Gasteiger partial charge in [-0.15, -0.1) is 0 Å². The van der Waals surface area contributed by atoms with E-state index in [4.69, 9.17) is 4.74 Å². The van der Waals surface area contributed by atoms with Crippen LogP contribution in [0.25, 0.3) is 0 Å². The molecule has 0 spiro atoms. The van der Waals surface area contributed by atoms with Gasteiger partial charge in [0.05, 0.1) is 18.6 Å². The van der Waals surface area contributed by atoms with Gasteiger partial charge in [0.2, 0.25) is 10.0 Å². The van der Waals surface area contributed by atoms with Crippen molar-refractivity contribution in [3.8, 4) is 5.75 Å². The van der Waals surface area contributed by atoms with Crippen LogP contribution in [0.5, 0.6) is 5.75 Å². The number of sulfonamides is 1. The standard InChI is InChI=1S/C18H22N2O4S/c1-3-24-17-7-5-4-6-16(17)20-18(21)15-10-8-14(9-11-15)12-13-19-25(2,22)23/h4-11,19H,3,12-13H2,1-2H3,(H,20,21). The zero-order valence-corrected chi connectivity index (χ0v) is 15.1. The van der Waals surface area contributed by atoms with Crippen molar-refractivity contribution < 1.29 is 17.9 Å². The summed E-state index contributed by atoms with van der Waals surface area (Å²) in [6, 6.07) is 14.3. The Morgan fingerprint density at radius 1 is 1.08 bits per heavy atom. The highest BCUT2D eigenvalue weighted by molar-refractivity contribution is 7.88. The summed E-state index contributed by atoms with van der Waals surface area (Å²) >= 11 is 0. The Bertz CT molecular complexity index is 817. The van der Waals surface area contributed by atoms with Crippen LogP contribution in [0.4, 0.5) is 5.69 Å². The average Bonchev–Trinajstić information content (AvgIpc) is 2.56. The summed E-state index contributed by atoms with van der Waals surface area (Å²) < 4.78 is 30.0. The van der Waals surface area contributed by atoms with E-state index in [0.717, 1.165) is 11.8 Å². The van der Waals surface area contributed by atoms with Crippen molar-refractivity contribution in [1.29, 1.82) is 0 Å². The smallest absolute Gasteiger partial charge is 0.255 e. The summed E-state index contributed by atoms with van der Waals surface area (Å²) in [5.74, 6) is 0.398. The van der Waals surface area contributed by atoms with E-state index in [1.165, 1.54) is 0 Å². The Balaban J connectivity index is 1.99. The molecule has 0 saturated carbocycles. The van der Waals surface area contributed by atoms with Crippen LogP contribution in [0.2, 0.25) is 0 Å². The van der Waals surface area contributed by atoms with Crippen LogP contribution in [0.1, 0.15) is 22.8 Å². The summed E-state index contributed by atoms with van der Waals surface area (Å²) in [5.41, 5.74) is 2.09. The molecule has 134 valence electrons. The maximum Gasteiger partial charge on any atom is 0.255 e. The highest BCUT2D eigenvalue weighted by atomic mass is 32.2. The minimum absolute atomic E-state index is 0.229. The lowest BCUT2D eigenvalue weighted by molar-refractivity contribution is 0.102. The molecule has 2 aromatic rings. The topological polar surface area (TPSA) is 84.5 Å². The third-order valence-electron chi connectivity index (χ3n) is 3.43. The Hall–Kier alpha value is -2.38. The maximum absolute atomic E-state index is 12.4. The predicted molar refractivity (Wildman–Crippen MR) is 98.6 cm³/mol. The lowest BCUT2D eigenvalue weighted by Crippen LogP contribution is -2.24. The fourth-order valence-corrected chi connectivity index (χ4v) is 2.72. The van der Waals surface area contributed by atoms with Crippen LogP contribution in [0, 0.1) is 0 Å². The molecule has 7 heteroatoms. The first kappa shape index (κ1) is 19.0. The summed E-state index contributed by atoms with van der Waals surface area (Å²) in [4.78, 5) is 12.4. The zero-order valence-electron chi connectivity index (χ0n) is 14.3. The fourth-order valence-electron chi connectivity index (χ4n) is 2.25. The molecule has 0 aromatic heterocycles. The molecular formula is C18H22N2O4S. The molecule has 0 fully saturated rings. The number of benzene rings is 2. The quantitative estimate of drug-likeness (QED) is 0.755. The second-order valence-electron chi connectivity index (χ2n) is 5.50. The van der Waals surface area contributed by atoms with Gasteiger partial charge in [-0.05, 0) is 43.2 Å². The largest absolute Gasteiger partial charge is 0.492 e. The third-order valence-corrected chi connectivity index (χ3v) is 4.16. The second-order valence-corrected chi connectivity index (χ2v) is 7.33. The van der Waals surface area contributed by atoms with E-state index in [1.807, 2.05) is 31.2 Å². The summed E-state index contributed by atoms with van der Waals surface area (Å²) in [6.07, 6.45) is 1.68. The van der Waals surface area contributed by atoms with Gasteiger partial charge in [0.1, 0.15) is 5.75 Å². The molecule has 0 aliphatic rings. The van der Waals surface area contributed by atoms with Crippen molar-refractivity contribution in [2.45, 2.75) is 13.3 Å². The molecule has 0 aliphatic carbocycles. The molecule has 0 unspecified atom stereocenters. The van der Waals surface area contributed by atoms with E-state index >= 15 is 0 Å². The second kappa shape index (κ2) is 8.64. The molecule has 2 rings (SSSR count). The first-order chi connectivity index (χ1) is 11.9. The molecule has 0 radical (unpaired) electrons. The number of para-hydroxylation sites is 2. The first-order valence-corrected chi connectivity index (χ1v) is 9.85. The van der Waals surface area contributed by atoms with Gasteiger partial charge in [-0.2, -0.15) is 0 Å². The Labute approximate surface area is 148 Å². The lowest BCUT2D eigenvalue weighted by Gasteiger charge is -2.11. The minimum atomic E-state index is -3.19. The molecule has 0 saturated heterocycles. The number of carbonyl (C=O) groups is 1. The SMILES string of the molecule is CCOc1ccccc1NC(=O)c1ccc(CCNS(C)(=O)=O)cc1. The van der Waals surface area contributed by atoms with Crippen LogP contribution in [-0.2, 0) is 16.4 Å². The molecular weight excluding hydrogens is 340 g/mol. The van der Waals surface area contributed by atoms with Crippen LogP contribution in [0.3, 0.4) is 0 Å². The van der Waals surface area contributed by atoms with Crippen molar-refractivity contribution >= 4 is 21.6 Å². The number of hydrogen-bond acceptors (Lipinski definition) is 4. The summed E-state index contributed by atoms with van der Waals surface area (Å²) in [6.45, 7) is 2.73. The van der Waals surface area contributed by atoms with Crippen molar-refractivity contribution in [3.63, 3.8) is 0 Å². The van der Waals surface area contributed by atoms with Crippen LogP contribution < -0.4 is 14.8 Å². The third kappa shape index (κ3) is 6.21. The van der Waals surface area contributed by atoms with Crippen molar-refractivity contribution in [2.75, 3.05) is 24.7 Å². The fraction of sp³-hybridized carbons (Fsp3) is 0.278. The van der Waals surface area contributed by atoms with Gasteiger partial charge >= 0.3 is 0 Å². The predicted octanol–water partition coefficient (Wildman–Crippen LogP) is 2.43. The highest BCUT2D eigenvalue weighted by Gasteiger charge is 2.09. The van der Waals surface area contributed by atoms with Crippen molar-refractivity contribution in [1.82, 2.24) is 4.72 Å². The summed E-state index contributed by atoms with van der Waals surface area (Å²) in [7, 11) is -3.19. The molecule has 2 N–H and O–H groups in total. The maximum atomic E-state index is 12.4. The normalized spacial score (nSPS) is 11.1.